The zero-order valence-corrected chi connectivity index (χ0v) is 9.14. The molecule has 0 amide bonds. The van der Waals surface area contributed by atoms with E-state index in [0.29, 0.717) is 0 Å². The van der Waals surface area contributed by atoms with E-state index < -0.39 is 5.97 Å². The van der Waals surface area contributed by atoms with Gasteiger partial charge in [-0.25, -0.2) is 14.5 Å². The van der Waals surface area contributed by atoms with Crippen LogP contribution in [0.1, 0.15) is 10.5 Å². The number of hydrogen-bond acceptors (Lipinski definition) is 4. The molecule has 0 fully saturated rings. The topological polar surface area (TPSA) is 80.9 Å². The van der Waals surface area contributed by atoms with Crippen molar-refractivity contribution < 1.29 is 9.90 Å². The summed E-state index contributed by atoms with van der Waals surface area (Å²) in [5, 5.41) is 12.9. The Labute approximate surface area is 99.5 Å². The number of carboxylic acids is 1. The first-order valence-corrected chi connectivity index (χ1v) is 4.80. The van der Waals surface area contributed by atoms with Gasteiger partial charge in [-0.3, -0.25) is 4.98 Å². The maximum Gasteiger partial charge on any atom is 0.354 e. The Bertz CT molecular complexity index is 555. The first kappa shape index (κ1) is 10.8. The Morgan fingerprint density at radius 3 is 2.69 bits per heavy atom. The van der Waals surface area contributed by atoms with Gasteiger partial charge in [0.1, 0.15) is 5.15 Å². The summed E-state index contributed by atoms with van der Waals surface area (Å²) in [6.45, 7) is 0. The van der Waals surface area contributed by atoms with Crippen LogP contribution in [-0.2, 0) is 0 Å². The van der Waals surface area contributed by atoms with Crippen LogP contribution in [0.3, 0.4) is 0 Å². The molecule has 2 heterocycles. The van der Waals surface area contributed by atoms with Gasteiger partial charge >= 0.3 is 5.97 Å². The van der Waals surface area contributed by atoms with E-state index in [9.17, 15) is 4.79 Å². The van der Waals surface area contributed by atoms with Crippen LogP contribution in [0.15, 0.2) is 18.5 Å². The molecule has 1 N–H and O–H groups in total. The lowest BCUT2D eigenvalue weighted by molar-refractivity contribution is 0.0687. The summed E-state index contributed by atoms with van der Waals surface area (Å²) in [6, 6.07) is 1.21. The Balaban J connectivity index is 2.59. The van der Waals surface area contributed by atoms with Crippen LogP contribution in [0, 0.1) is 0 Å². The van der Waals surface area contributed by atoms with Gasteiger partial charge in [-0.2, -0.15) is 5.10 Å². The summed E-state index contributed by atoms with van der Waals surface area (Å²) in [7, 11) is 0. The molecule has 6 nitrogen and oxygen atoms in total. The van der Waals surface area contributed by atoms with Crippen molar-refractivity contribution in [3.8, 4) is 5.82 Å². The maximum absolute atomic E-state index is 10.9. The largest absolute Gasteiger partial charge is 0.477 e. The van der Waals surface area contributed by atoms with Crippen molar-refractivity contribution in [1.82, 2.24) is 19.7 Å². The SMILES string of the molecule is O=C(O)c1cc(Cl)nn1-c1cncc(Cl)n1. The second-order valence-electron chi connectivity index (χ2n) is 2.77. The zero-order valence-electron chi connectivity index (χ0n) is 7.63. The van der Waals surface area contributed by atoms with E-state index in [0.717, 1.165) is 4.68 Å². The fourth-order valence-corrected chi connectivity index (χ4v) is 1.44. The van der Waals surface area contributed by atoms with Gasteiger partial charge in [-0.05, 0) is 0 Å². The fourth-order valence-electron chi connectivity index (χ4n) is 1.11. The standard InChI is InChI=1S/C8H4Cl2N4O2/c9-5-1-4(8(15)16)14(13-5)7-3-11-2-6(10)12-7/h1-3H,(H,15,16). The summed E-state index contributed by atoms with van der Waals surface area (Å²) in [4.78, 5) is 18.6. The molecule has 0 saturated carbocycles. The molecule has 0 bridgehead atoms. The molecule has 0 unspecified atom stereocenters. The Morgan fingerprint density at radius 1 is 1.31 bits per heavy atom. The molecule has 0 aromatic carbocycles. The molecular weight excluding hydrogens is 255 g/mol. The van der Waals surface area contributed by atoms with Gasteiger partial charge in [0.25, 0.3) is 0 Å². The van der Waals surface area contributed by atoms with Gasteiger partial charge in [0.15, 0.2) is 16.7 Å². The van der Waals surface area contributed by atoms with Crippen molar-refractivity contribution in [2.45, 2.75) is 0 Å². The molecule has 16 heavy (non-hydrogen) atoms. The summed E-state index contributed by atoms with van der Waals surface area (Å²) < 4.78 is 1.06. The lowest BCUT2D eigenvalue weighted by Gasteiger charge is -2.02. The highest BCUT2D eigenvalue weighted by Crippen LogP contribution is 2.15. The third-order valence-electron chi connectivity index (χ3n) is 1.71. The van der Waals surface area contributed by atoms with Crippen LogP contribution in [0.25, 0.3) is 5.82 Å². The highest BCUT2D eigenvalue weighted by molar-refractivity contribution is 6.30. The molecule has 2 rings (SSSR count). The second-order valence-corrected chi connectivity index (χ2v) is 3.54. The number of hydrogen-bond donors (Lipinski definition) is 1. The van der Waals surface area contributed by atoms with Crippen molar-refractivity contribution >= 4 is 29.2 Å². The predicted molar refractivity (Wildman–Crippen MR) is 56.1 cm³/mol. The molecule has 82 valence electrons. The summed E-state index contributed by atoms with van der Waals surface area (Å²) >= 11 is 11.3. The number of rotatable bonds is 2. The molecule has 0 aliphatic rings. The lowest BCUT2D eigenvalue weighted by Crippen LogP contribution is -2.09. The predicted octanol–water partition coefficient (Wildman–Crippen LogP) is 1.67. The quantitative estimate of drug-likeness (QED) is 0.887. The number of aromatic carboxylic acids is 1. The van der Waals surface area contributed by atoms with Gasteiger partial charge in [0.05, 0.1) is 12.4 Å². The Kier molecular flexibility index (Phi) is 2.76. The number of nitrogens with zero attached hydrogens (tertiary/aromatic N) is 4. The van der Waals surface area contributed by atoms with Crippen LogP contribution in [-0.4, -0.2) is 30.8 Å². The zero-order chi connectivity index (χ0) is 11.7. The van der Waals surface area contributed by atoms with Gasteiger partial charge in [-0.15, -0.1) is 0 Å². The van der Waals surface area contributed by atoms with Crippen LogP contribution in [0.2, 0.25) is 10.3 Å². The first-order chi connectivity index (χ1) is 7.58. The molecular formula is C8H4Cl2N4O2. The summed E-state index contributed by atoms with van der Waals surface area (Å²) in [5.41, 5.74) is -0.110. The van der Waals surface area contributed by atoms with Crippen LogP contribution < -0.4 is 0 Å². The molecule has 0 atom stereocenters. The number of carboxylic acid groups (broad SMARTS) is 1. The van der Waals surface area contributed by atoms with Crippen molar-refractivity contribution in [2.24, 2.45) is 0 Å². The average Bonchev–Trinajstić information content (AvgIpc) is 2.60. The van der Waals surface area contributed by atoms with Crippen LogP contribution >= 0.6 is 23.2 Å². The molecule has 0 spiro atoms. The van der Waals surface area contributed by atoms with E-state index in [4.69, 9.17) is 28.3 Å². The van der Waals surface area contributed by atoms with Crippen LogP contribution in [0.5, 0.6) is 0 Å². The number of aromatic nitrogens is 4. The highest BCUT2D eigenvalue weighted by atomic mass is 35.5. The molecule has 0 aliphatic carbocycles. The van der Waals surface area contributed by atoms with Crippen molar-refractivity contribution in [3.05, 3.63) is 34.5 Å². The molecule has 0 aliphatic heterocycles. The van der Waals surface area contributed by atoms with Crippen molar-refractivity contribution in [1.29, 1.82) is 0 Å². The van der Waals surface area contributed by atoms with Gasteiger partial charge in [-0.1, -0.05) is 23.2 Å². The van der Waals surface area contributed by atoms with E-state index in [1.807, 2.05) is 0 Å². The van der Waals surface area contributed by atoms with E-state index in [1.165, 1.54) is 18.5 Å². The molecule has 2 aromatic heterocycles. The average molecular weight is 259 g/mol. The normalized spacial score (nSPS) is 10.4. The summed E-state index contributed by atoms with van der Waals surface area (Å²) in [5.74, 6) is -0.974. The lowest BCUT2D eigenvalue weighted by atomic mass is 10.4. The van der Waals surface area contributed by atoms with Gasteiger partial charge in [0.2, 0.25) is 0 Å². The smallest absolute Gasteiger partial charge is 0.354 e. The van der Waals surface area contributed by atoms with E-state index in [-0.39, 0.29) is 21.8 Å². The van der Waals surface area contributed by atoms with E-state index in [2.05, 4.69) is 15.1 Å². The molecule has 8 heteroatoms. The fraction of sp³-hybridized carbons (Fsp3) is 0. The Morgan fingerprint density at radius 2 is 2.06 bits per heavy atom. The minimum Gasteiger partial charge on any atom is -0.477 e. The highest BCUT2D eigenvalue weighted by Gasteiger charge is 2.15. The number of halogens is 2. The van der Waals surface area contributed by atoms with Crippen LogP contribution in [0.4, 0.5) is 0 Å². The Hall–Kier alpha value is -1.66. The van der Waals surface area contributed by atoms with Gasteiger partial charge < -0.3 is 5.11 Å². The maximum atomic E-state index is 10.9. The van der Waals surface area contributed by atoms with E-state index in [1.54, 1.807) is 0 Å². The monoisotopic (exact) mass is 258 g/mol. The van der Waals surface area contributed by atoms with E-state index >= 15 is 0 Å². The molecule has 0 radical (unpaired) electrons. The molecule has 2 aromatic rings. The minimum absolute atomic E-state index is 0.0548. The number of carbonyl (C=O) groups is 1. The summed E-state index contributed by atoms with van der Waals surface area (Å²) in [6.07, 6.45) is 2.66. The minimum atomic E-state index is -1.17. The van der Waals surface area contributed by atoms with Crippen molar-refractivity contribution in [2.75, 3.05) is 0 Å². The van der Waals surface area contributed by atoms with Crippen molar-refractivity contribution in [3.63, 3.8) is 0 Å². The van der Waals surface area contributed by atoms with Gasteiger partial charge in [0, 0.05) is 6.07 Å². The first-order valence-electron chi connectivity index (χ1n) is 4.04. The third-order valence-corrected chi connectivity index (χ3v) is 2.07. The second kappa shape index (κ2) is 4.07. The molecule has 0 saturated heterocycles. The third kappa shape index (κ3) is 1.98.